The Morgan fingerprint density at radius 2 is 2.04 bits per heavy atom. The van der Waals surface area contributed by atoms with Crippen LogP contribution in [-0.2, 0) is 10.0 Å². The van der Waals surface area contributed by atoms with E-state index in [1.807, 2.05) is 13.8 Å². The van der Waals surface area contributed by atoms with E-state index in [9.17, 15) is 18.3 Å². The number of phenols is 1. The molecule has 0 amide bonds. The van der Waals surface area contributed by atoms with E-state index in [1.54, 1.807) is 4.57 Å². The minimum absolute atomic E-state index is 0.0560. The van der Waals surface area contributed by atoms with Crippen molar-refractivity contribution < 1.29 is 18.3 Å². The van der Waals surface area contributed by atoms with Crippen LogP contribution < -0.4 is 4.31 Å². The van der Waals surface area contributed by atoms with Crippen LogP contribution in [0.4, 0.5) is 5.69 Å². The molecular weight excluding hydrogens is 318 g/mol. The van der Waals surface area contributed by atoms with Crippen molar-refractivity contribution in [2.75, 3.05) is 10.8 Å². The van der Waals surface area contributed by atoms with Crippen LogP contribution in [0.15, 0.2) is 35.7 Å². The van der Waals surface area contributed by atoms with Crippen LogP contribution in [0.2, 0.25) is 0 Å². The topological polar surface area (TPSA) is 92.5 Å². The van der Waals surface area contributed by atoms with Gasteiger partial charge in [0.1, 0.15) is 5.75 Å². The molecule has 3 rings (SSSR count). The molecule has 2 aromatic rings. The van der Waals surface area contributed by atoms with Crippen molar-refractivity contribution >= 4 is 21.5 Å². The summed E-state index contributed by atoms with van der Waals surface area (Å²) in [4.78, 5) is 16.0. The Morgan fingerprint density at radius 3 is 2.70 bits per heavy atom. The molecule has 0 saturated heterocycles. The highest BCUT2D eigenvalue weighted by Crippen LogP contribution is 2.33. The molecule has 0 radical (unpaired) electrons. The summed E-state index contributed by atoms with van der Waals surface area (Å²) in [6.45, 7) is 3.92. The number of carbonyl (C=O) groups is 1. The van der Waals surface area contributed by atoms with Crippen LogP contribution in [0.3, 0.4) is 0 Å². The van der Waals surface area contributed by atoms with Crippen molar-refractivity contribution in [1.82, 2.24) is 9.55 Å². The summed E-state index contributed by atoms with van der Waals surface area (Å²) in [7, 11) is -3.86. The summed E-state index contributed by atoms with van der Waals surface area (Å²) in [5.74, 6) is -0.254. The largest absolute Gasteiger partial charge is 0.508 e. The Hall–Kier alpha value is -2.35. The first-order valence-electron chi connectivity index (χ1n) is 7.23. The molecule has 0 fully saturated rings. The number of imidazole rings is 1. The number of aromatic hydroxyl groups is 1. The van der Waals surface area contributed by atoms with Gasteiger partial charge in [0.15, 0.2) is 10.8 Å². The number of aromatic nitrogens is 2. The van der Waals surface area contributed by atoms with Gasteiger partial charge in [0.05, 0.1) is 12.0 Å². The van der Waals surface area contributed by atoms with Gasteiger partial charge in [-0.25, -0.2) is 4.98 Å². The number of fused-ring (bicyclic) bond motifs is 1. The molecule has 1 N–H and O–H groups in total. The second-order valence-electron chi connectivity index (χ2n) is 5.70. The fourth-order valence-electron chi connectivity index (χ4n) is 2.52. The zero-order valence-electron chi connectivity index (χ0n) is 12.8. The van der Waals surface area contributed by atoms with Gasteiger partial charge in [0, 0.05) is 30.8 Å². The normalized spacial score (nSPS) is 15.1. The number of sulfonamides is 1. The van der Waals surface area contributed by atoms with Gasteiger partial charge in [-0.15, -0.1) is 0 Å². The maximum absolute atomic E-state index is 12.9. The fraction of sp³-hybridized carbons (Fsp3) is 0.333. The highest BCUT2D eigenvalue weighted by Gasteiger charge is 2.34. The van der Waals surface area contributed by atoms with E-state index in [0.717, 1.165) is 0 Å². The van der Waals surface area contributed by atoms with Crippen LogP contribution in [0.25, 0.3) is 0 Å². The summed E-state index contributed by atoms with van der Waals surface area (Å²) in [6.07, 6.45) is 3.03. The molecule has 0 spiro atoms. The summed E-state index contributed by atoms with van der Waals surface area (Å²) >= 11 is 0. The molecular formula is C15H17N3O4S. The van der Waals surface area contributed by atoms with Crippen LogP contribution in [0, 0.1) is 0 Å². The van der Waals surface area contributed by atoms with E-state index in [-0.39, 0.29) is 46.8 Å². The van der Waals surface area contributed by atoms with Crippen molar-refractivity contribution in [2.45, 2.75) is 31.3 Å². The van der Waals surface area contributed by atoms with Gasteiger partial charge in [0.2, 0.25) is 0 Å². The lowest BCUT2D eigenvalue weighted by Crippen LogP contribution is -2.37. The quantitative estimate of drug-likeness (QED) is 0.925. The van der Waals surface area contributed by atoms with Crippen molar-refractivity contribution in [3.05, 3.63) is 36.3 Å². The van der Waals surface area contributed by atoms with E-state index in [1.165, 1.54) is 35.0 Å². The Morgan fingerprint density at radius 1 is 1.30 bits per heavy atom. The van der Waals surface area contributed by atoms with Gasteiger partial charge in [0.25, 0.3) is 10.0 Å². The Bertz CT molecular complexity index is 871. The lowest BCUT2D eigenvalue weighted by molar-refractivity contribution is 0.0981. The van der Waals surface area contributed by atoms with Crippen LogP contribution in [0.5, 0.6) is 5.75 Å². The third kappa shape index (κ3) is 2.59. The summed E-state index contributed by atoms with van der Waals surface area (Å²) < 4.78 is 28.6. The molecule has 0 bridgehead atoms. The van der Waals surface area contributed by atoms with Gasteiger partial charge in [-0.1, -0.05) is 0 Å². The van der Waals surface area contributed by atoms with E-state index >= 15 is 0 Å². The van der Waals surface area contributed by atoms with Crippen molar-refractivity contribution in [3.8, 4) is 5.75 Å². The molecule has 7 nitrogen and oxygen atoms in total. The monoisotopic (exact) mass is 335 g/mol. The highest BCUT2D eigenvalue weighted by molar-refractivity contribution is 7.92. The predicted octanol–water partition coefficient (Wildman–Crippen LogP) is 1.95. The molecule has 23 heavy (non-hydrogen) atoms. The number of nitrogens with zero attached hydrogens (tertiary/aromatic N) is 3. The molecule has 0 aliphatic carbocycles. The Kier molecular flexibility index (Phi) is 3.63. The fourth-order valence-corrected chi connectivity index (χ4v) is 3.93. The standard InChI is InChI=1S/C15H17N3O4S/c1-10(2)17-8-15(16-9-17)23(21,22)18-6-5-14(20)12-7-11(19)3-4-13(12)18/h3-4,7-10,19H,5-6H2,1-2H3. The van der Waals surface area contributed by atoms with E-state index in [0.29, 0.717) is 0 Å². The highest BCUT2D eigenvalue weighted by atomic mass is 32.2. The minimum Gasteiger partial charge on any atom is -0.508 e. The van der Waals surface area contributed by atoms with Crippen molar-refractivity contribution in [3.63, 3.8) is 0 Å². The summed E-state index contributed by atoms with van der Waals surface area (Å²) in [5.41, 5.74) is 0.487. The van der Waals surface area contributed by atoms with Gasteiger partial charge in [-0.3, -0.25) is 9.10 Å². The zero-order valence-corrected chi connectivity index (χ0v) is 13.6. The molecule has 1 aliphatic rings. The number of phenolic OH excluding ortho intramolecular Hbond substituents is 1. The Labute approximate surface area is 134 Å². The van der Waals surface area contributed by atoms with Gasteiger partial charge in [-0.2, -0.15) is 8.42 Å². The number of hydrogen-bond acceptors (Lipinski definition) is 5. The number of anilines is 1. The van der Waals surface area contributed by atoms with E-state index in [2.05, 4.69) is 4.98 Å². The third-order valence-electron chi connectivity index (χ3n) is 3.82. The van der Waals surface area contributed by atoms with Crippen molar-refractivity contribution in [1.29, 1.82) is 0 Å². The predicted molar refractivity (Wildman–Crippen MR) is 84.2 cm³/mol. The number of rotatable bonds is 3. The lowest BCUT2D eigenvalue weighted by atomic mass is 10.0. The molecule has 0 unspecified atom stereocenters. The lowest BCUT2D eigenvalue weighted by Gasteiger charge is -2.29. The smallest absolute Gasteiger partial charge is 0.283 e. The van der Waals surface area contributed by atoms with Crippen LogP contribution >= 0.6 is 0 Å². The zero-order chi connectivity index (χ0) is 16.8. The van der Waals surface area contributed by atoms with E-state index in [4.69, 9.17) is 0 Å². The average molecular weight is 335 g/mol. The molecule has 1 aromatic carbocycles. The SMILES string of the molecule is CC(C)n1cnc(S(=O)(=O)N2CCC(=O)c3cc(O)ccc32)c1. The van der Waals surface area contributed by atoms with Crippen molar-refractivity contribution in [2.24, 2.45) is 0 Å². The maximum atomic E-state index is 12.9. The average Bonchev–Trinajstić information content (AvgIpc) is 2.99. The molecule has 1 aliphatic heterocycles. The van der Waals surface area contributed by atoms with Gasteiger partial charge in [-0.05, 0) is 32.0 Å². The van der Waals surface area contributed by atoms with Gasteiger partial charge < -0.3 is 9.67 Å². The molecule has 0 saturated carbocycles. The first kappa shape index (κ1) is 15.5. The first-order valence-corrected chi connectivity index (χ1v) is 8.67. The minimum atomic E-state index is -3.86. The molecule has 122 valence electrons. The third-order valence-corrected chi connectivity index (χ3v) is 5.52. The van der Waals surface area contributed by atoms with E-state index < -0.39 is 10.0 Å². The number of benzene rings is 1. The maximum Gasteiger partial charge on any atom is 0.283 e. The summed E-state index contributed by atoms with van der Waals surface area (Å²) in [5, 5.41) is 9.48. The molecule has 0 atom stereocenters. The van der Waals surface area contributed by atoms with Crippen LogP contribution in [-0.4, -0.2) is 35.4 Å². The second kappa shape index (κ2) is 5.38. The molecule has 8 heteroatoms. The molecule has 1 aromatic heterocycles. The number of Topliss-reactive ketones (excluding diaryl/α,β-unsaturated/α-hetero) is 1. The molecule has 2 heterocycles. The number of hydrogen-bond donors (Lipinski definition) is 1. The number of ketones is 1. The Balaban J connectivity index is 2.07. The van der Waals surface area contributed by atoms with Gasteiger partial charge >= 0.3 is 0 Å². The first-order chi connectivity index (χ1) is 10.8. The van der Waals surface area contributed by atoms with Crippen LogP contribution in [0.1, 0.15) is 36.7 Å². The second-order valence-corrected chi connectivity index (χ2v) is 7.51. The number of carbonyl (C=O) groups excluding carboxylic acids is 1. The summed E-state index contributed by atoms with van der Waals surface area (Å²) in [6, 6.07) is 4.20.